The van der Waals surface area contributed by atoms with Gasteiger partial charge in [-0.25, -0.2) is 0 Å². The average molecular weight is 287 g/mol. The minimum atomic E-state index is -0.597. The molecule has 1 aliphatic carbocycles. The zero-order chi connectivity index (χ0) is 14.2. The standard InChI is InChI=1S/C17H21NOS/c1-12-5-4-8-17(18,10-12)16(19)9-13-11-20-15-7-3-2-6-14(13)15/h2-3,6-7,11-12H,4-5,8-10,18H2,1H3. The number of thiophene rings is 1. The molecule has 2 unspecified atom stereocenters. The molecular formula is C17H21NOS. The third kappa shape index (κ3) is 2.52. The third-order valence-corrected chi connectivity index (χ3v) is 5.51. The largest absolute Gasteiger partial charge is 0.319 e. The van der Waals surface area contributed by atoms with E-state index in [4.69, 9.17) is 5.73 Å². The van der Waals surface area contributed by atoms with Crippen molar-refractivity contribution < 1.29 is 4.79 Å². The molecule has 1 saturated carbocycles. The van der Waals surface area contributed by atoms with E-state index >= 15 is 0 Å². The first-order valence-corrected chi connectivity index (χ1v) is 8.24. The molecule has 1 heterocycles. The maximum atomic E-state index is 12.7. The highest BCUT2D eigenvalue weighted by Gasteiger charge is 2.37. The monoisotopic (exact) mass is 287 g/mol. The second kappa shape index (κ2) is 5.30. The first-order valence-electron chi connectivity index (χ1n) is 7.36. The topological polar surface area (TPSA) is 43.1 Å². The molecule has 0 bridgehead atoms. The molecule has 2 aromatic rings. The average Bonchev–Trinajstić information content (AvgIpc) is 2.82. The van der Waals surface area contributed by atoms with Gasteiger partial charge in [-0.15, -0.1) is 11.3 Å². The van der Waals surface area contributed by atoms with Gasteiger partial charge in [0.2, 0.25) is 0 Å². The van der Waals surface area contributed by atoms with Crippen LogP contribution in [0.1, 0.15) is 38.2 Å². The van der Waals surface area contributed by atoms with Gasteiger partial charge in [-0.2, -0.15) is 0 Å². The van der Waals surface area contributed by atoms with Gasteiger partial charge in [0.15, 0.2) is 5.78 Å². The molecule has 106 valence electrons. The number of rotatable bonds is 3. The Labute approximate surface area is 124 Å². The van der Waals surface area contributed by atoms with Crippen LogP contribution in [0.2, 0.25) is 0 Å². The highest BCUT2D eigenvalue weighted by Crippen LogP contribution is 2.33. The first kappa shape index (κ1) is 13.8. The summed E-state index contributed by atoms with van der Waals surface area (Å²) in [5, 5.41) is 3.32. The van der Waals surface area contributed by atoms with E-state index in [2.05, 4.69) is 24.4 Å². The fraction of sp³-hybridized carbons (Fsp3) is 0.471. The Hall–Kier alpha value is -1.19. The summed E-state index contributed by atoms with van der Waals surface area (Å²) in [4.78, 5) is 12.7. The summed E-state index contributed by atoms with van der Waals surface area (Å²) in [5.41, 5.74) is 6.95. The van der Waals surface area contributed by atoms with Gasteiger partial charge in [-0.05, 0) is 41.2 Å². The van der Waals surface area contributed by atoms with Crippen molar-refractivity contribution >= 4 is 27.2 Å². The van der Waals surface area contributed by atoms with Gasteiger partial charge in [0.05, 0.1) is 5.54 Å². The van der Waals surface area contributed by atoms with E-state index in [0.717, 1.165) is 24.8 Å². The maximum absolute atomic E-state index is 12.7. The van der Waals surface area contributed by atoms with Crippen LogP contribution in [0.25, 0.3) is 10.1 Å². The second-order valence-corrected chi connectivity index (χ2v) is 7.13. The quantitative estimate of drug-likeness (QED) is 0.929. The van der Waals surface area contributed by atoms with E-state index in [-0.39, 0.29) is 5.78 Å². The predicted octanol–water partition coefficient (Wildman–Crippen LogP) is 3.92. The van der Waals surface area contributed by atoms with E-state index in [9.17, 15) is 4.79 Å². The summed E-state index contributed by atoms with van der Waals surface area (Å²) >= 11 is 1.71. The summed E-state index contributed by atoms with van der Waals surface area (Å²) in [7, 11) is 0. The van der Waals surface area contributed by atoms with E-state index in [0.29, 0.717) is 12.3 Å². The summed E-state index contributed by atoms with van der Waals surface area (Å²) in [5.74, 6) is 0.782. The number of nitrogens with two attached hydrogens (primary N) is 1. The van der Waals surface area contributed by atoms with E-state index in [1.165, 1.54) is 16.5 Å². The first-order chi connectivity index (χ1) is 9.58. The van der Waals surface area contributed by atoms with Gasteiger partial charge in [0, 0.05) is 11.1 Å². The Bertz CT molecular complexity index is 633. The number of benzene rings is 1. The van der Waals surface area contributed by atoms with E-state index in [1.807, 2.05) is 12.1 Å². The predicted molar refractivity (Wildman–Crippen MR) is 85.1 cm³/mol. The molecule has 1 fully saturated rings. The number of Topliss-reactive ketones (excluding diaryl/α,β-unsaturated/α-hetero) is 1. The van der Waals surface area contributed by atoms with Crippen LogP contribution >= 0.6 is 11.3 Å². The molecule has 2 N–H and O–H groups in total. The fourth-order valence-corrected chi connectivity index (χ4v) is 4.33. The normalized spacial score (nSPS) is 26.8. The lowest BCUT2D eigenvalue weighted by Crippen LogP contribution is -2.51. The van der Waals surface area contributed by atoms with Gasteiger partial charge in [-0.3, -0.25) is 4.79 Å². The smallest absolute Gasteiger partial charge is 0.157 e. The van der Waals surface area contributed by atoms with E-state index < -0.39 is 5.54 Å². The van der Waals surface area contributed by atoms with Crippen molar-refractivity contribution in [2.75, 3.05) is 0 Å². The lowest BCUT2D eigenvalue weighted by molar-refractivity contribution is -0.125. The number of hydrogen-bond acceptors (Lipinski definition) is 3. The van der Waals surface area contributed by atoms with Crippen LogP contribution in [-0.2, 0) is 11.2 Å². The Morgan fingerprint density at radius 3 is 3.05 bits per heavy atom. The maximum Gasteiger partial charge on any atom is 0.157 e. The Balaban J connectivity index is 1.82. The Kier molecular flexibility index (Phi) is 3.65. The van der Waals surface area contributed by atoms with Crippen LogP contribution in [0.3, 0.4) is 0 Å². The Morgan fingerprint density at radius 1 is 1.45 bits per heavy atom. The molecule has 0 radical (unpaired) electrons. The van der Waals surface area contributed by atoms with Crippen LogP contribution in [0.5, 0.6) is 0 Å². The minimum absolute atomic E-state index is 0.215. The summed E-state index contributed by atoms with van der Waals surface area (Å²) in [6.07, 6.45) is 4.45. The molecule has 1 aromatic heterocycles. The van der Waals surface area contributed by atoms with Crippen LogP contribution in [0.4, 0.5) is 0 Å². The van der Waals surface area contributed by atoms with Crippen LogP contribution in [0, 0.1) is 5.92 Å². The van der Waals surface area contributed by atoms with Gasteiger partial charge in [0.1, 0.15) is 0 Å². The summed E-state index contributed by atoms with van der Waals surface area (Å²) in [6, 6.07) is 8.28. The van der Waals surface area contributed by atoms with Crippen LogP contribution in [-0.4, -0.2) is 11.3 Å². The van der Waals surface area contributed by atoms with Gasteiger partial charge in [0.25, 0.3) is 0 Å². The molecular weight excluding hydrogens is 266 g/mol. The van der Waals surface area contributed by atoms with Crippen LogP contribution < -0.4 is 5.73 Å². The second-order valence-electron chi connectivity index (χ2n) is 6.21. The molecule has 3 rings (SSSR count). The Morgan fingerprint density at radius 2 is 2.25 bits per heavy atom. The van der Waals surface area contributed by atoms with Crippen molar-refractivity contribution in [3.8, 4) is 0 Å². The molecule has 0 spiro atoms. The molecule has 1 aliphatic rings. The van der Waals surface area contributed by atoms with Gasteiger partial charge in [-0.1, -0.05) is 38.0 Å². The van der Waals surface area contributed by atoms with Crippen molar-refractivity contribution in [2.45, 2.75) is 44.6 Å². The number of carbonyl (C=O) groups excluding carboxylic acids is 1. The summed E-state index contributed by atoms with van der Waals surface area (Å²) in [6.45, 7) is 2.20. The fourth-order valence-electron chi connectivity index (χ4n) is 3.36. The van der Waals surface area contributed by atoms with E-state index in [1.54, 1.807) is 11.3 Å². The molecule has 20 heavy (non-hydrogen) atoms. The lowest BCUT2D eigenvalue weighted by Gasteiger charge is -2.35. The van der Waals surface area contributed by atoms with Crippen molar-refractivity contribution in [3.05, 3.63) is 35.2 Å². The minimum Gasteiger partial charge on any atom is -0.319 e. The highest BCUT2D eigenvalue weighted by atomic mass is 32.1. The highest BCUT2D eigenvalue weighted by molar-refractivity contribution is 7.17. The molecule has 0 amide bonds. The third-order valence-electron chi connectivity index (χ3n) is 4.50. The van der Waals surface area contributed by atoms with Gasteiger partial charge < -0.3 is 5.73 Å². The molecule has 0 aliphatic heterocycles. The molecule has 1 aromatic carbocycles. The number of fused-ring (bicyclic) bond motifs is 1. The van der Waals surface area contributed by atoms with Crippen molar-refractivity contribution in [1.82, 2.24) is 0 Å². The van der Waals surface area contributed by atoms with Gasteiger partial charge >= 0.3 is 0 Å². The molecule has 2 atom stereocenters. The van der Waals surface area contributed by atoms with Crippen molar-refractivity contribution in [1.29, 1.82) is 0 Å². The number of ketones is 1. The van der Waals surface area contributed by atoms with Crippen molar-refractivity contribution in [3.63, 3.8) is 0 Å². The molecule has 2 nitrogen and oxygen atoms in total. The number of carbonyl (C=O) groups is 1. The SMILES string of the molecule is CC1CCCC(N)(C(=O)Cc2csc3ccccc23)C1. The summed E-state index contributed by atoms with van der Waals surface area (Å²) < 4.78 is 1.25. The molecule has 3 heteroatoms. The number of hydrogen-bond donors (Lipinski definition) is 1. The zero-order valence-corrected chi connectivity index (χ0v) is 12.7. The van der Waals surface area contributed by atoms with Crippen molar-refractivity contribution in [2.24, 2.45) is 11.7 Å². The van der Waals surface area contributed by atoms with Crippen LogP contribution in [0.15, 0.2) is 29.6 Å². The molecule has 0 saturated heterocycles. The lowest BCUT2D eigenvalue weighted by atomic mass is 9.73. The zero-order valence-electron chi connectivity index (χ0n) is 11.9.